The molecule has 0 radical (unpaired) electrons. The number of nitrogens with two attached hydrogens (primary N) is 1. The number of nitriles is 1. The molecule has 1 heterocycles. The smallest absolute Gasteiger partial charge is 0.269 e. The van der Waals surface area contributed by atoms with Crippen LogP contribution in [0.25, 0.3) is 0 Å². The molecular weight excluding hydrogens is 252 g/mol. The Morgan fingerprint density at radius 2 is 2.05 bits per heavy atom. The normalized spacial score (nSPS) is 11.4. The largest absolute Gasteiger partial charge is 0.349 e. The molecule has 1 aromatic heterocycles. The van der Waals surface area contributed by atoms with Gasteiger partial charge in [-0.25, -0.2) is 4.98 Å². The van der Waals surface area contributed by atoms with Crippen LogP contribution in [-0.2, 0) is 0 Å². The highest BCUT2D eigenvalue weighted by atomic mass is 16.1. The highest BCUT2D eigenvalue weighted by Crippen LogP contribution is 2.08. The zero-order valence-corrected chi connectivity index (χ0v) is 10.8. The Bertz CT molecular complexity index is 617. The highest BCUT2D eigenvalue weighted by Gasteiger charge is 2.10. The van der Waals surface area contributed by atoms with E-state index in [9.17, 15) is 4.79 Å². The first-order valence-electron chi connectivity index (χ1n) is 6.15. The Hall–Kier alpha value is -2.71. The summed E-state index contributed by atoms with van der Waals surface area (Å²) >= 11 is 0. The fourth-order valence-electron chi connectivity index (χ4n) is 1.71. The molecule has 0 bridgehead atoms. The van der Waals surface area contributed by atoms with Crippen molar-refractivity contribution in [2.24, 2.45) is 5.73 Å². The molecule has 3 N–H and O–H groups in total. The van der Waals surface area contributed by atoms with Crippen molar-refractivity contribution < 1.29 is 4.79 Å². The highest BCUT2D eigenvalue weighted by molar-refractivity contribution is 5.92. The summed E-state index contributed by atoms with van der Waals surface area (Å²) in [6.07, 6.45) is 1.37. The molecule has 2 rings (SSSR count). The number of amides is 1. The Morgan fingerprint density at radius 3 is 2.65 bits per heavy atom. The molecule has 0 aliphatic rings. The third-order valence-corrected chi connectivity index (χ3v) is 2.84. The summed E-state index contributed by atoms with van der Waals surface area (Å²) in [5.41, 5.74) is 7.63. The Balaban J connectivity index is 1.93. The number of nitrogens with zero attached hydrogens (tertiary/aromatic N) is 2. The lowest BCUT2D eigenvalue weighted by Gasteiger charge is -2.12. The number of benzene rings is 1. The number of pyridine rings is 1. The molecule has 20 heavy (non-hydrogen) atoms. The van der Waals surface area contributed by atoms with Crippen molar-refractivity contribution in [2.75, 3.05) is 6.54 Å². The quantitative estimate of drug-likeness (QED) is 0.874. The first kappa shape index (κ1) is 13.7. The molecule has 1 atom stereocenters. The number of carbonyl (C=O) groups excluding carboxylic acids is 1. The van der Waals surface area contributed by atoms with Crippen molar-refractivity contribution in [3.05, 3.63) is 65.5 Å². The standard InChI is InChI=1S/C15H14N4O/c16-8-11-6-7-14(18-9-11)15(20)19-10-13(17)12-4-2-1-3-5-12/h1-7,9,13H,10,17H2,(H,19,20). The Morgan fingerprint density at radius 1 is 1.30 bits per heavy atom. The van der Waals surface area contributed by atoms with Crippen molar-refractivity contribution in [3.8, 4) is 6.07 Å². The van der Waals surface area contributed by atoms with E-state index in [2.05, 4.69) is 10.3 Å². The lowest BCUT2D eigenvalue weighted by atomic mass is 10.1. The molecule has 1 amide bonds. The van der Waals surface area contributed by atoms with Gasteiger partial charge in [0.2, 0.25) is 0 Å². The van der Waals surface area contributed by atoms with Crippen molar-refractivity contribution in [1.82, 2.24) is 10.3 Å². The molecule has 0 saturated carbocycles. The molecule has 100 valence electrons. The fraction of sp³-hybridized carbons (Fsp3) is 0.133. The molecule has 0 spiro atoms. The van der Waals surface area contributed by atoms with Gasteiger partial charge >= 0.3 is 0 Å². The summed E-state index contributed by atoms with van der Waals surface area (Å²) in [6, 6.07) is 14.3. The first-order chi connectivity index (χ1) is 9.70. The first-order valence-corrected chi connectivity index (χ1v) is 6.15. The van der Waals surface area contributed by atoms with Gasteiger partial charge in [0.15, 0.2) is 0 Å². The van der Waals surface area contributed by atoms with Gasteiger partial charge in [-0.2, -0.15) is 5.26 Å². The van der Waals surface area contributed by atoms with Gasteiger partial charge in [0, 0.05) is 18.8 Å². The summed E-state index contributed by atoms with van der Waals surface area (Å²) in [5.74, 6) is -0.305. The van der Waals surface area contributed by atoms with Gasteiger partial charge in [0.05, 0.1) is 5.56 Å². The van der Waals surface area contributed by atoms with Crippen LogP contribution in [0.4, 0.5) is 0 Å². The van der Waals surface area contributed by atoms with Crippen LogP contribution in [-0.4, -0.2) is 17.4 Å². The lowest BCUT2D eigenvalue weighted by molar-refractivity contribution is 0.0946. The molecule has 0 aliphatic heterocycles. The molecule has 0 fully saturated rings. The number of aromatic nitrogens is 1. The topological polar surface area (TPSA) is 91.8 Å². The average molecular weight is 266 g/mol. The van der Waals surface area contributed by atoms with Gasteiger partial charge in [-0.1, -0.05) is 30.3 Å². The van der Waals surface area contributed by atoms with Crippen LogP contribution < -0.4 is 11.1 Å². The van der Waals surface area contributed by atoms with E-state index in [-0.39, 0.29) is 17.6 Å². The minimum absolute atomic E-state index is 0.265. The van der Waals surface area contributed by atoms with Gasteiger partial charge in [0.1, 0.15) is 11.8 Å². The fourth-order valence-corrected chi connectivity index (χ4v) is 1.71. The maximum atomic E-state index is 11.9. The Labute approximate surface area is 117 Å². The molecule has 0 aliphatic carbocycles. The summed E-state index contributed by atoms with van der Waals surface area (Å²) < 4.78 is 0. The predicted molar refractivity (Wildman–Crippen MR) is 74.7 cm³/mol. The van der Waals surface area contributed by atoms with E-state index in [1.165, 1.54) is 12.3 Å². The van der Waals surface area contributed by atoms with Crippen molar-refractivity contribution in [2.45, 2.75) is 6.04 Å². The Kier molecular flexibility index (Phi) is 4.43. The molecule has 1 aromatic carbocycles. The second kappa shape index (κ2) is 6.45. The number of hydrogen-bond acceptors (Lipinski definition) is 4. The van der Waals surface area contributed by atoms with E-state index >= 15 is 0 Å². The van der Waals surface area contributed by atoms with Gasteiger partial charge in [0.25, 0.3) is 5.91 Å². The van der Waals surface area contributed by atoms with E-state index in [1.54, 1.807) is 6.07 Å². The second-order valence-corrected chi connectivity index (χ2v) is 4.27. The van der Waals surface area contributed by atoms with Crippen molar-refractivity contribution in [3.63, 3.8) is 0 Å². The van der Waals surface area contributed by atoms with E-state index in [0.29, 0.717) is 12.1 Å². The summed E-state index contributed by atoms with van der Waals surface area (Å²) in [6.45, 7) is 0.324. The number of rotatable bonds is 4. The molecular formula is C15H14N4O. The van der Waals surface area contributed by atoms with Crippen LogP contribution in [0.3, 0.4) is 0 Å². The van der Waals surface area contributed by atoms with Crippen LogP contribution in [0.2, 0.25) is 0 Å². The second-order valence-electron chi connectivity index (χ2n) is 4.27. The number of nitrogens with one attached hydrogen (secondary N) is 1. The van der Waals surface area contributed by atoms with Crippen LogP contribution in [0, 0.1) is 11.3 Å². The molecule has 2 aromatic rings. The lowest BCUT2D eigenvalue weighted by Crippen LogP contribution is -2.32. The zero-order chi connectivity index (χ0) is 14.4. The summed E-state index contributed by atoms with van der Waals surface area (Å²) in [5, 5.41) is 11.4. The molecule has 5 heteroatoms. The van der Waals surface area contributed by atoms with E-state index in [1.807, 2.05) is 36.4 Å². The van der Waals surface area contributed by atoms with Gasteiger partial charge in [-0.05, 0) is 17.7 Å². The van der Waals surface area contributed by atoms with E-state index in [0.717, 1.165) is 5.56 Å². The summed E-state index contributed by atoms with van der Waals surface area (Å²) in [7, 11) is 0. The van der Waals surface area contributed by atoms with Gasteiger partial charge < -0.3 is 11.1 Å². The summed E-state index contributed by atoms with van der Waals surface area (Å²) in [4.78, 5) is 15.8. The number of carbonyl (C=O) groups is 1. The van der Waals surface area contributed by atoms with Crippen LogP contribution in [0.15, 0.2) is 48.7 Å². The SMILES string of the molecule is N#Cc1ccc(C(=O)NCC(N)c2ccccc2)nc1. The maximum Gasteiger partial charge on any atom is 0.269 e. The minimum Gasteiger partial charge on any atom is -0.349 e. The van der Waals surface area contributed by atoms with Crippen LogP contribution in [0.1, 0.15) is 27.7 Å². The van der Waals surface area contributed by atoms with Gasteiger partial charge in [-0.15, -0.1) is 0 Å². The van der Waals surface area contributed by atoms with E-state index in [4.69, 9.17) is 11.0 Å². The molecule has 1 unspecified atom stereocenters. The molecule has 5 nitrogen and oxygen atoms in total. The monoisotopic (exact) mass is 266 g/mol. The average Bonchev–Trinajstić information content (AvgIpc) is 2.53. The zero-order valence-electron chi connectivity index (χ0n) is 10.8. The third kappa shape index (κ3) is 3.40. The third-order valence-electron chi connectivity index (χ3n) is 2.84. The van der Waals surface area contributed by atoms with Crippen molar-refractivity contribution in [1.29, 1.82) is 5.26 Å². The van der Waals surface area contributed by atoms with E-state index < -0.39 is 0 Å². The number of hydrogen-bond donors (Lipinski definition) is 2. The maximum absolute atomic E-state index is 11.9. The minimum atomic E-state index is -0.305. The van der Waals surface area contributed by atoms with Crippen molar-refractivity contribution >= 4 is 5.91 Å². The van der Waals surface area contributed by atoms with Crippen LogP contribution >= 0.6 is 0 Å². The molecule has 0 saturated heterocycles. The van der Waals surface area contributed by atoms with Crippen LogP contribution in [0.5, 0.6) is 0 Å². The van der Waals surface area contributed by atoms with Gasteiger partial charge in [-0.3, -0.25) is 4.79 Å². The predicted octanol–water partition coefficient (Wildman–Crippen LogP) is 1.38.